The Hall–Kier alpha value is -5.23. The van der Waals surface area contributed by atoms with Gasteiger partial charge in [0.2, 0.25) is 0 Å². The predicted octanol–water partition coefficient (Wildman–Crippen LogP) is 9.39. The van der Waals surface area contributed by atoms with Gasteiger partial charge in [0.15, 0.2) is 0 Å². The Kier molecular flexibility index (Phi) is 8.97. The number of carbonyl (C=O) groups excluding carboxylic acids is 1. The number of carbonyl (C=O) groups is 1. The summed E-state index contributed by atoms with van der Waals surface area (Å²) < 4.78 is 13.1. The van der Waals surface area contributed by atoms with Gasteiger partial charge in [-0.25, -0.2) is 0 Å². The quantitative estimate of drug-likeness (QED) is 0.154. The Morgan fingerprint density at radius 1 is 0.674 bits per heavy atom. The maximum absolute atomic E-state index is 13.6. The second kappa shape index (κ2) is 13.4. The van der Waals surface area contributed by atoms with Crippen LogP contribution in [-0.4, -0.2) is 44.6 Å². The number of hydrogen-bond donors (Lipinski definition) is 0. The maximum Gasteiger partial charge on any atom is 0.253 e. The molecule has 1 aliphatic rings. The first kappa shape index (κ1) is 30.8. The van der Waals surface area contributed by atoms with Crippen molar-refractivity contribution >= 4 is 28.7 Å². The highest BCUT2D eigenvalue weighted by Crippen LogP contribution is 2.53. The van der Waals surface area contributed by atoms with Crippen LogP contribution in [0.5, 0.6) is 17.2 Å². The number of ether oxygens (including phenoxy) is 2. The highest BCUT2D eigenvalue weighted by atomic mass is 16.5. The maximum atomic E-state index is 13.6. The molecule has 46 heavy (non-hydrogen) atoms. The van der Waals surface area contributed by atoms with E-state index in [9.17, 15) is 4.79 Å². The monoisotopic (exact) mass is 611 g/mol. The van der Waals surface area contributed by atoms with E-state index in [0.29, 0.717) is 17.9 Å². The van der Waals surface area contributed by atoms with E-state index in [0.717, 1.165) is 64.0 Å². The predicted molar refractivity (Wildman–Crippen MR) is 188 cm³/mol. The van der Waals surface area contributed by atoms with Gasteiger partial charge in [-0.1, -0.05) is 60.7 Å². The lowest BCUT2D eigenvalue weighted by Gasteiger charge is -2.34. The van der Waals surface area contributed by atoms with E-state index >= 15 is 0 Å². The molecule has 0 aliphatic carbocycles. The highest BCUT2D eigenvalue weighted by Gasteiger charge is 2.34. The highest BCUT2D eigenvalue weighted by molar-refractivity contribution is 5.96. The summed E-state index contributed by atoms with van der Waals surface area (Å²) in [6.45, 7) is 8.59. The minimum absolute atomic E-state index is 0.0358. The van der Waals surface area contributed by atoms with Gasteiger partial charge in [-0.15, -0.1) is 0 Å². The molecule has 1 aliphatic heterocycles. The number of hydrogen-bond acceptors (Lipinski definition) is 5. The molecule has 5 aromatic carbocycles. The summed E-state index contributed by atoms with van der Waals surface area (Å²) in [5.41, 5.74) is 7.61. The smallest absolute Gasteiger partial charge is 0.253 e. The third kappa shape index (κ3) is 5.79. The number of anilines is 4. The summed E-state index contributed by atoms with van der Waals surface area (Å²) in [7, 11) is 3.59. The number of fused-ring (bicyclic) bond motifs is 2. The van der Waals surface area contributed by atoms with Crippen LogP contribution >= 0.6 is 0 Å². The minimum Gasteiger partial charge on any atom is -0.492 e. The second-order valence-electron chi connectivity index (χ2n) is 11.5. The summed E-state index contributed by atoms with van der Waals surface area (Å²) in [4.78, 5) is 19.8. The van der Waals surface area contributed by atoms with Crippen molar-refractivity contribution < 1.29 is 14.3 Å². The van der Waals surface area contributed by atoms with Gasteiger partial charge in [0.25, 0.3) is 5.91 Å². The van der Waals surface area contributed by atoms with Crippen molar-refractivity contribution in [3.05, 3.63) is 138 Å². The van der Waals surface area contributed by atoms with Crippen molar-refractivity contribution in [2.75, 3.05) is 43.6 Å². The van der Waals surface area contributed by atoms with E-state index in [-0.39, 0.29) is 11.8 Å². The van der Waals surface area contributed by atoms with E-state index in [2.05, 4.69) is 78.2 Å². The molecule has 0 N–H and O–H groups in total. The van der Waals surface area contributed by atoms with Crippen molar-refractivity contribution in [2.45, 2.75) is 26.7 Å². The summed E-state index contributed by atoms with van der Waals surface area (Å²) in [5.74, 6) is 1.93. The van der Waals surface area contributed by atoms with Gasteiger partial charge in [0.1, 0.15) is 17.2 Å². The van der Waals surface area contributed by atoms with Gasteiger partial charge in [0, 0.05) is 79.0 Å². The number of benzene rings is 5. The standard InChI is InChI=1S/C40H41N3O3/c1-6-42(7-2)30-23-24-33-36(25-30)46-37-27-38(45-8-3)35(43(28-17-11-9-12-18-28)29-19-13-10-14-20-29)26-34(37)39(33)31-21-15-16-22-32(31)40(44)41(4)5/h9-27,39H,6-8H2,1-5H3. The summed E-state index contributed by atoms with van der Waals surface area (Å²) in [6.07, 6.45) is 0. The summed E-state index contributed by atoms with van der Waals surface area (Å²) in [6, 6.07) is 39.2. The van der Waals surface area contributed by atoms with Crippen LogP contribution in [-0.2, 0) is 0 Å². The molecule has 234 valence electrons. The Morgan fingerprint density at radius 3 is 1.89 bits per heavy atom. The largest absolute Gasteiger partial charge is 0.492 e. The number of amides is 1. The Bertz CT molecular complexity index is 1780. The first-order chi connectivity index (χ1) is 22.4. The zero-order valence-corrected chi connectivity index (χ0v) is 27.2. The molecule has 6 nitrogen and oxygen atoms in total. The van der Waals surface area contributed by atoms with Crippen LogP contribution in [0, 0.1) is 0 Å². The molecular formula is C40H41N3O3. The topological polar surface area (TPSA) is 45.2 Å². The lowest BCUT2D eigenvalue weighted by molar-refractivity contribution is 0.0826. The first-order valence-corrected chi connectivity index (χ1v) is 16.0. The molecule has 0 bridgehead atoms. The molecule has 1 unspecified atom stereocenters. The number of rotatable bonds is 10. The van der Waals surface area contributed by atoms with Crippen LogP contribution in [0.1, 0.15) is 53.7 Å². The fourth-order valence-electron chi connectivity index (χ4n) is 6.35. The van der Waals surface area contributed by atoms with E-state index in [1.165, 1.54) is 0 Å². The number of para-hydroxylation sites is 2. The Balaban J connectivity index is 1.63. The van der Waals surface area contributed by atoms with Crippen LogP contribution in [0.2, 0.25) is 0 Å². The van der Waals surface area contributed by atoms with E-state index < -0.39 is 0 Å². The van der Waals surface area contributed by atoms with Crippen molar-refractivity contribution in [3.63, 3.8) is 0 Å². The molecule has 0 saturated carbocycles. The van der Waals surface area contributed by atoms with Gasteiger partial charge in [-0.05, 0) is 68.8 Å². The van der Waals surface area contributed by atoms with Crippen molar-refractivity contribution in [2.24, 2.45) is 0 Å². The normalized spacial score (nSPS) is 13.2. The molecule has 0 fully saturated rings. The lowest BCUT2D eigenvalue weighted by Crippen LogP contribution is -2.25. The lowest BCUT2D eigenvalue weighted by atomic mass is 9.80. The van der Waals surface area contributed by atoms with Gasteiger partial charge < -0.3 is 24.2 Å². The van der Waals surface area contributed by atoms with E-state index in [1.807, 2.05) is 67.6 Å². The van der Waals surface area contributed by atoms with Crippen molar-refractivity contribution in [1.82, 2.24) is 4.90 Å². The van der Waals surface area contributed by atoms with Crippen molar-refractivity contribution in [3.8, 4) is 17.2 Å². The van der Waals surface area contributed by atoms with Gasteiger partial charge in [0.05, 0.1) is 12.3 Å². The molecule has 6 heteroatoms. The Labute approximate surface area is 272 Å². The van der Waals surface area contributed by atoms with Crippen molar-refractivity contribution in [1.29, 1.82) is 0 Å². The molecule has 0 radical (unpaired) electrons. The van der Waals surface area contributed by atoms with E-state index in [4.69, 9.17) is 9.47 Å². The molecule has 0 spiro atoms. The molecule has 1 amide bonds. The summed E-state index contributed by atoms with van der Waals surface area (Å²) >= 11 is 0. The van der Waals surface area contributed by atoms with Crippen LogP contribution in [0.4, 0.5) is 22.7 Å². The molecule has 1 atom stereocenters. The van der Waals surface area contributed by atoms with E-state index in [1.54, 1.807) is 19.0 Å². The molecular weight excluding hydrogens is 570 g/mol. The zero-order valence-electron chi connectivity index (χ0n) is 27.2. The van der Waals surface area contributed by atoms with Gasteiger partial charge in [-0.3, -0.25) is 4.79 Å². The first-order valence-electron chi connectivity index (χ1n) is 16.0. The third-order valence-corrected chi connectivity index (χ3v) is 8.54. The average Bonchev–Trinajstić information content (AvgIpc) is 3.09. The number of nitrogens with zero attached hydrogens (tertiary/aromatic N) is 3. The zero-order chi connectivity index (χ0) is 32.2. The van der Waals surface area contributed by atoms with Crippen LogP contribution in [0.25, 0.3) is 0 Å². The summed E-state index contributed by atoms with van der Waals surface area (Å²) in [5, 5.41) is 0. The Morgan fingerprint density at radius 2 is 1.28 bits per heavy atom. The van der Waals surface area contributed by atoms with Gasteiger partial charge in [-0.2, -0.15) is 0 Å². The van der Waals surface area contributed by atoms with Crippen LogP contribution in [0.15, 0.2) is 115 Å². The molecule has 0 aromatic heterocycles. The molecule has 1 heterocycles. The SMILES string of the molecule is CCOc1cc2c(cc1N(c1ccccc1)c1ccccc1)C(c1ccccc1C(=O)N(C)C)c1ccc(N(CC)CC)cc1O2. The second-order valence-corrected chi connectivity index (χ2v) is 11.5. The average molecular weight is 612 g/mol. The third-order valence-electron chi connectivity index (χ3n) is 8.54. The van der Waals surface area contributed by atoms with Crippen LogP contribution < -0.4 is 19.3 Å². The fourth-order valence-corrected chi connectivity index (χ4v) is 6.35. The molecule has 6 rings (SSSR count). The minimum atomic E-state index is -0.257. The molecule has 0 saturated heterocycles. The fraction of sp³-hybridized carbons (Fsp3) is 0.225. The molecule has 5 aromatic rings. The van der Waals surface area contributed by atoms with Gasteiger partial charge >= 0.3 is 0 Å². The van der Waals surface area contributed by atoms with Crippen LogP contribution in [0.3, 0.4) is 0 Å².